The van der Waals surface area contributed by atoms with E-state index in [1.54, 1.807) is 0 Å². The van der Waals surface area contributed by atoms with Crippen LogP contribution < -0.4 is 5.32 Å². The topological polar surface area (TPSA) is 69.6 Å². The van der Waals surface area contributed by atoms with E-state index in [2.05, 4.69) is 19.2 Å². The van der Waals surface area contributed by atoms with Crippen molar-refractivity contribution in [3.8, 4) is 0 Å². The summed E-state index contributed by atoms with van der Waals surface area (Å²) < 4.78 is 24.3. The molecule has 1 unspecified atom stereocenters. The van der Waals surface area contributed by atoms with Crippen LogP contribution in [0.4, 0.5) is 0 Å². The van der Waals surface area contributed by atoms with Crippen molar-refractivity contribution in [1.29, 1.82) is 0 Å². The molecule has 96 valence electrons. The van der Waals surface area contributed by atoms with Gasteiger partial charge in [-0.25, -0.2) is 8.42 Å². The maximum Gasteiger partial charge on any atom is 0.214 e. The van der Waals surface area contributed by atoms with Crippen LogP contribution in [0.25, 0.3) is 0 Å². The van der Waals surface area contributed by atoms with Crippen molar-refractivity contribution in [2.45, 2.75) is 26.4 Å². The largest absolute Gasteiger partial charge is 0.390 e. The summed E-state index contributed by atoms with van der Waals surface area (Å²) in [5, 5.41) is 12.8. The molecule has 2 N–H and O–H groups in total. The zero-order valence-corrected chi connectivity index (χ0v) is 10.8. The summed E-state index contributed by atoms with van der Waals surface area (Å²) in [7, 11) is -3.08. The summed E-state index contributed by atoms with van der Waals surface area (Å²) in [6.07, 6.45) is 0.0562. The summed E-state index contributed by atoms with van der Waals surface area (Å²) in [6.45, 7) is 6.22. The first kappa shape index (κ1) is 13.9. The molecule has 0 amide bonds. The normalized spacial score (nSPS) is 22.8. The van der Waals surface area contributed by atoms with Gasteiger partial charge in [-0.05, 0) is 18.9 Å². The van der Waals surface area contributed by atoms with Crippen LogP contribution in [0.5, 0.6) is 0 Å². The third-order valence-electron chi connectivity index (χ3n) is 2.55. The number of aliphatic hydroxyl groups is 1. The van der Waals surface area contributed by atoms with E-state index in [1.165, 1.54) is 4.31 Å². The highest BCUT2D eigenvalue weighted by molar-refractivity contribution is 7.89. The third kappa shape index (κ3) is 4.37. The quantitative estimate of drug-likeness (QED) is 0.675. The Morgan fingerprint density at radius 3 is 2.56 bits per heavy atom. The van der Waals surface area contributed by atoms with Crippen molar-refractivity contribution in [1.82, 2.24) is 9.62 Å². The van der Waals surface area contributed by atoms with Gasteiger partial charge >= 0.3 is 0 Å². The number of hydrogen-bond acceptors (Lipinski definition) is 4. The fourth-order valence-electron chi connectivity index (χ4n) is 1.73. The highest BCUT2D eigenvalue weighted by Crippen LogP contribution is 2.13. The minimum atomic E-state index is -3.08. The van der Waals surface area contributed by atoms with Crippen molar-refractivity contribution < 1.29 is 13.5 Å². The number of hydrogen-bond donors (Lipinski definition) is 2. The Bertz CT molecular complexity index is 303. The lowest BCUT2D eigenvalue weighted by Gasteiger charge is -2.19. The molecule has 1 rings (SSSR count). The summed E-state index contributed by atoms with van der Waals surface area (Å²) >= 11 is 0. The van der Waals surface area contributed by atoms with Crippen LogP contribution in [0.2, 0.25) is 0 Å². The fraction of sp³-hybridized carbons (Fsp3) is 1.00. The van der Waals surface area contributed by atoms with E-state index in [9.17, 15) is 13.5 Å². The van der Waals surface area contributed by atoms with E-state index in [0.29, 0.717) is 25.4 Å². The van der Waals surface area contributed by atoms with E-state index < -0.39 is 16.1 Å². The van der Waals surface area contributed by atoms with Gasteiger partial charge in [-0.3, -0.25) is 0 Å². The first-order chi connectivity index (χ1) is 7.42. The Labute approximate surface area is 97.9 Å². The van der Waals surface area contributed by atoms with E-state index >= 15 is 0 Å². The number of nitrogens with one attached hydrogen (secondary N) is 1. The van der Waals surface area contributed by atoms with Crippen molar-refractivity contribution in [2.75, 3.05) is 31.9 Å². The zero-order chi connectivity index (χ0) is 12.2. The van der Waals surface area contributed by atoms with Gasteiger partial charge in [0.1, 0.15) is 0 Å². The molecule has 1 aliphatic rings. The van der Waals surface area contributed by atoms with Crippen molar-refractivity contribution in [3.63, 3.8) is 0 Å². The molecule has 0 aromatic heterocycles. The summed E-state index contributed by atoms with van der Waals surface area (Å²) in [5.41, 5.74) is 0. The molecular weight excluding hydrogens is 228 g/mol. The Kier molecular flexibility index (Phi) is 5.17. The molecule has 16 heavy (non-hydrogen) atoms. The third-order valence-corrected chi connectivity index (χ3v) is 4.47. The molecular formula is C10H22N2O3S. The van der Waals surface area contributed by atoms with Crippen molar-refractivity contribution in [3.05, 3.63) is 0 Å². The number of aliphatic hydroxyl groups excluding tert-OH is 1. The molecule has 1 heterocycles. The van der Waals surface area contributed by atoms with Gasteiger partial charge in [0, 0.05) is 19.6 Å². The molecule has 0 aliphatic carbocycles. The maximum atomic E-state index is 11.5. The van der Waals surface area contributed by atoms with Gasteiger partial charge in [0.25, 0.3) is 0 Å². The van der Waals surface area contributed by atoms with Gasteiger partial charge in [-0.2, -0.15) is 4.31 Å². The van der Waals surface area contributed by atoms with Crippen LogP contribution in [0.15, 0.2) is 0 Å². The lowest BCUT2D eigenvalue weighted by molar-refractivity contribution is 0.145. The number of nitrogens with zero attached hydrogens (tertiary/aromatic N) is 1. The minimum absolute atomic E-state index is 0.216. The second-order valence-corrected chi connectivity index (χ2v) is 6.82. The van der Waals surface area contributed by atoms with E-state index in [1.807, 2.05) is 0 Å². The first-order valence-corrected chi connectivity index (χ1v) is 7.39. The lowest BCUT2D eigenvalue weighted by Crippen LogP contribution is -2.39. The Morgan fingerprint density at radius 1 is 1.38 bits per heavy atom. The standard InChI is InChI=1S/C10H22N2O3S/c1-9(2)6-11-7-10(13)8-12-4-3-5-16(12,14)15/h9-11,13H,3-8H2,1-2H3. The van der Waals surface area contributed by atoms with Gasteiger partial charge in [0.15, 0.2) is 0 Å². The summed E-state index contributed by atoms with van der Waals surface area (Å²) in [4.78, 5) is 0. The van der Waals surface area contributed by atoms with E-state index in [-0.39, 0.29) is 12.3 Å². The molecule has 0 radical (unpaired) electrons. The average Bonchev–Trinajstić information content (AvgIpc) is 2.45. The molecule has 0 saturated carbocycles. The zero-order valence-electron chi connectivity index (χ0n) is 10.0. The molecule has 1 atom stereocenters. The first-order valence-electron chi connectivity index (χ1n) is 5.78. The predicted molar refractivity (Wildman–Crippen MR) is 63.7 cm³/mol. The molecule has 1 aliphatic heterocycles. The second kappa shape index (κ2) is 5.95. The van der Waals surface area contributed by atoms with Gasteiger partial charge < -0.3 is 10.4 Å². The van der Waals surface area contributed by atoms with Crippen molar-refractivity contribution in [2.24, 2.45) is 5.92 Å². The van der Waals surface area contributed by atoms with Gasteiger partial charge in [0.05, 0.1) is 11.9 Å². The van der Waals surface area contributed by atoms with E-state index in [0.717, 1.165) is 6.54 Å². The molecule has 0 aromatic rings. The second-order valence-electron chi connectivity index (χ2n) is 4.73. The molecule has 1 fully saturated rings. The predicted octanol–water partition coefficient (Wildman–Crippen LogP) is -0.372. The SMILES string of the molecule is CC(C)CNCC(O)CN1CCCS1(=O)=O. The van der Waals surface area contributed by atoms with Crippen LogP contribution in [-0.2, 0) is 10.0 Å². The summed E-state index contributed by atoms with van der Waals surface area (Å²) in [5.74, 6) is 0.752. The fourth-order valence-corrected chi connectivity index (χ4v) is 3.29. The van der Waals surface area contributed by atoms with Crippen LogP contribution in [0.1, 0.15) is 20.3 Å². The van der Waals surface area contributed by atoms with Gasteiger partial charge in [-0.1, -0.05) is 13.8 Å². The smallest absolute Gasteiger partial charge is 0.214 e. The minimum Gasteiger partial charge on any atom is -0.390 e. The highest BCUT2D eigenvalue weighted by atomic mass is 32.2. The Hall–Kier alpha value is -0.170. The molecule has 0 spiro atoms. The lowest BCUT2D eigenvalue weighted by atomic mass is 10.2. The Morgan fingerprint density at radius 2 is 2.06 bits per heavy atom. The van der Waals surface area contributed by atoms with E-state index in [4.69, 9.17) is 0 Å². The number of rotatable bonds is 6. The van der Waals surface area contributed by atoms with Crippen LogP contribution in [-0.4, -0.2) is 55.9 Å². The van der Waals surface area contributed by atoms with Crippen LogP contribution in [0.3, 0.4) is 0 Å². The monoisotopic (exact) mass is 250 g/mol. The van der Waals surface area contributed by atoms with Crippen LogP contribution >= 0.6 is 0 Å². The molecule has 5 nitrogen and oxygen atoms in total. The number of sulfonamides is 1. The number of β-amino-alcohol motifs (C(OH)–C–C–N with tert-alkyl or cyclic N) is 1. The Balaban J connectivity index is 2.26. The van der Waals surface area contributed by atoms with Gasteiger partial charge in [0.2, 0.25) is 10.0 Å². The highest BCUT2D eigenvalue weighted by Gasteiger charge is 2.29. The molecule has 1 saturated heterocycles. The van der Waals surface area contributed by atoms with Crippen LogP contribution in [0, 0.1) is 5.92 Å². The summed E-state index contributed by atoms with van der Waals surface area (Å²) in [6, 6.07) is 0. The molecule has 0 aromatic carbocycles. The molecule has 0 bridgehead atoms. The maximum absolute atomic E-state index is 11.5. The van der Waals surface area contributed by atoms with Crippen molar-refractivity contribution >= 4 is 10.0 Å². The van der Waals surface area contributed by atoms with Gasteiger partial charge in [-0.15, -0.1) is 0 Å². The average molecular weight is 250 g/mol. The molecule has 6 heteroatoms.